The Morgan fingerprint density at radius 2 is 1.96 bits per heavy atom. The van der Waals surface area contributed by atoms with E-state index in [1.165, 1.54) is 17.0 Å². The fourth-order valence-electron chi connectivity index (χ4n) is 2.10. The fourth-order valence-corrected chi connectivity index (χ4v) is 3.52. The molecule has 1 atom stereocenters. The van der Waals surface area contributed by atoms with Crippen LogP contribution >= 0.6 is 23.1 Å². The van der Waals surface area contributed by atoms with Crippen LogP contribution in [-0.4, -0.2) is 37.2 Å². The molecular formula is C16H18F2N2OS2. The van der Waals surface area contributed by atoms with Gasteiger partial charge in [0, 0.05) is 21.9 Å². The number of hydrogen-bond donors (Lipinski definition) is 1. The highest BCUT2D eigenvalue weighted by Crippen LogP contribution is 2.25. The number of hydrogen-bond acceptors (Lipinski definition) is 4. The molecule has 3 nitrogen and oxygen atoms in total. The minimum atomic E-state index is -2.46. The number of nitrogens with zero attached hydrogens (tertiary/aromatic N) is 1. The lowest BCUT2D eigenvalue weighted by Gasteiger charge is -2.23. The Bertz CT molecular complexity index is 616. The van der Waals surface area contributed by atoms with Crippen molar-refractivity contribution in [2.75, 3.05) is 20.6 Å². The molecular weight excluding hydrogens is 338 g/mol. The van der Waals surface area contributed by atoms with E-state index in [0.717, 1.165) is 0 Å². The number of rotatable bonds is 7. The van der Waals surface area contributed by atoms with E-state index in [-0.39, 0.29) is 11.9 Å². The number of amides is 1. The van der Waals surface area contributed by atoms with Gasteiger partial charge in [-0.15, -0.1) is 11.3 Å². The van der Waals surface area contributed by atoms with Gasteiger partial charge in [0.05, 0.1) is 6.04 Å². The van der Waals surface area contributed by atoms with Crippen molar-refractivity contribution in [2.24, 2.45) is 0 Å². The monoisotopic (exact) mass is 356 g/mol. The summed E-state index contributed by atoms with van der Waals surface area (Å²) in [5, 5.41) is 4.91. The number of thiophene rings is 1. The van der Waals surface area contributed by atoms with E-state index in [9.17, 15) is 13.6 Å². The van der Waals surface area contributed by atoms with Crippen LogP contribution in [0.5, 0.6) is 0 Å². The van der Waals surface area contributed by atoms with Gasteiger partial charge in [-0.2, -0.15) is 8.78 Å². The molecule has 0 saturated heterocycles. The zero-order valence-electron chi connectivity index (χ0n) is 12.8. The average molecular weight is 356 g/mol. The number of benzene rings is 1. The summed E-state index contributed by atoms with van der Waals surface area (Å²) in [7, 11) is 3.93. The highest BCUT2D eigenvalue weighted by Gasteiger charge is 2.16. The molecule has 1 amide bonds. The van der Waals surface area contributed by atoms with Crippen LogP contribution in [0.4, 0.5) is 8.78 Å². The zero-order chi connectivity index (χ0) is 16.8. The van der Waals surface area contributed by atoms with Gasteiger partial charge in [0.1, 0.15) is 0 Å². The van der Waals surface area contributed by atoms with E-state index in [1.807, 2.05) is 31.6 Å². The van der Waals surface area contributed by atoms with Crippen molar-refractivity contribution in [3.05, 3.63) is 52.2 Å². The quantitative estimate of drug-likeness (QED) is 0.758. The van der Waals surface area contributed by atoms with Crippen LogP contribution in [0, 0.1) is 0 Å². The first kappa shape index (κ1) is 17.9. The third kappa shape index (κ3) is 5.30. The number of carbonyl (C=O) groups excluding carboxylic acids is 1. The third-order valence-electron chi connectivity index (χ3n) is 3.29. The molecule has 1 aromatic heterocycles. The van der Waals surface area contributed by atoms with Crippen LogP contribution in [0.3, 0.4) is 0 Å². The van der Waals surface area contributed by atoms with Gasteiger partial charge in [-0.05, 0) is 49.8 Å². The molecule has 1 unspecified atom stereocenters. The normalized spacial score (nSPS) is 12.6. The summed E-state index contributed by atoms with van der Waals surface area (Å²) in [6, 6.07) is 10.3. The summed E-state index contributed by atoms with van der Waals surface area (Å²) in [5.74, 6) is -2.66. The molecule has 0 bridgehead atoms. The Hall–Kier alpha value is -1.44. The molecule has 1 N–H and O–H groups in total. The van der Waals surface area contributed by atoms with Gasteiger partial charge in [-0.1, -0.05) is 17.8 Å². The molecule has 0 saturated carbocycles. The summed E-state index contributed by atoms with van der Waals surface area (Å²) in [4.78, 5) is 15.9. The summed E-state index contributed by atoms with van der Waals surface area (Å²) in [6.45, 7) is 0.486. The van der Waals surface area contributed by atoms with Gasteiger partial charge in [0.25, 0.3) is 11.7 Å². The SMILES string of the molecule is CN(C)C(CNC(=O)c1ccc(SC(F)F)cc1)c1cccs1. The number of carbonyl (C=O) groups is 1. The van der Waals surface area contributed by atoms with Gasteiger partial charge in [0.15, 0.2) is 0 Å². The van der Waals surface area contributed by atoms with E-state index >= 15 is 0 Å². The van der Waals surface area contributed by atoms with Gasteiger partial charge in [-0.3, -0.25) is 4.79 Å². The van der Waals surface area contributed by atoms with Gasteiger partial charge in [-0.25, -0.2) is 0 Å². The molecule has 0 radical (unpaired) electrons. The molecule has 2 rings (SSSR count). The molecule has 0 aliphatic rings. The second-order valence-electron chi connectivity index (χ2n) is 5.11. The highest BCUT2D eigenvalue weighted by molar-refractivity contribution is 7.99. The molecule has 0 aliphatic heterocycles. The third-order valence-corrected chi connectivity index (χ3v) is 4.99. The number of halogens is 2. The minimum Gasteiger partial charge on any atom is -0.350 e. The first-order valence-electron chi connectivity index (χ1n) is 7.00. The second kappa shape index (κ2) is 8.42. The topological polar surface area (TPSA) is 32.3 Å². The van der Waals surface area contributed by atoms with Crippen LogP contribution in [-0.2, 0) is 0 Å². The van der Waals surface area contributed by atoms with Crippen LogP contribution in [0.15, 0.2) is 46.7 Å². The van der Waals surface area contributed by atoms with Crippen molar-refractivity contribution in [3.63, 3.8) is 0 Å². The number of alkyl halides is 2. The van der Waals surface area contributed by atoms with Crippen molar-refractivity contribution in [2.45, 2.75) is 16.7 Å². The Morgan fingerprint density at radius 1 is 1.26 bits per heavy atom. The van der Waals surface area contributed by atoms with Crippen LogP contribution in [0.1, 0.15) is 21.3 Å². The lowest BCUT2D eigenvalue weighted by molar-refractivity contribution is 0.0942. The largest absolute Gasteiger partial charge is 0.350 e. The van der Waals surface area contributed by atoms with Crippen molar-refractivity contribution in [1.29, 1.82) is 0 Å². The Kier molecular flexibility index (Phi) is 6.56. The van der Waals surface area contributed by atoms with Crippen molar-refractivity contribution in [3.8, 4) is 0 Å². The highest BCUT2D eigenvalue weighted by atomic mass is 32.2. The maximum atomic E-state index is 12.3. The van der Waals surface area contributed by atoms with E-state index < -0.39 is 5.76 Å². The second-order valence-corrected chi connectivity index (χ2v) is 7.15. The molecule has 0 fully saturated rings. The smallest absolute Gasteiger partial charge is 0.288 e. The Labute approximate surface area is 142 Å². The molecule has 124 valence electrons. The summed E-state index contributed by atoms with van der Waals surface area (Å²) >= 11 is 2.12. The molecule has 1 heterocycles. The fraction of sp³-hybridized carbons (Fsp3) is 0.312. The molecule has 7 heteroatoms. The summed E-state index contributed by atoms with van der Waals surface area (Å²) in [6.07, 6.45) is 0. The lowest BCUT2D eigenvalue weighted by atomic mass is 10.2. The molecule has 2 aromatic rings. The standard InChI is InChI=1S/C16H18F2N2OS2/c1-20(2)13(14-4-3-9-22-14)10-19-15(21)11-5-7-12(8-6-11)23-16(17)18/h3-9,13,16H,10H2,1-2H3,(H,19,21). The first-order chi connectivity index (χ1) is 11.0. The number of thioether (sulfide) groups is 1. The molecule has 23 heavy (non-hydrogen) atoms. The van der Waals surface area contributed by atoms with Crippen molar-refractivity contribution < 1.29 is 13.6 Å². The first-order valence-corrected chi connectivity index (χ1v) is 8.76. The summed E-state index contributed by atoms with van der Waals surface area (Å²) in [5.41, 5.74) is 0.465. The van der Waals surface area contributed by atoms with Crippen LogP contribution in [0.25, 0.3) is 0 Å². The minimum absolute atomic E-state index is 0.104. The average Bonchev–Trinajstić information content (AvgIpc) is 3.01. The van der Waals surface area contributed by atoms with Gasteiger partial charge in [0.2, 0.25) is 0 Å². The van der Waals surface area contributed by atoms with Crippen molar-refractivity contribution in [1.82, 2.24) is 10.2 Å². The van der Waals surface area contributed by atoms with E-state index in [0.29, 0.717) is 28.8 Å². The van der Waals surface area contributed by atoms with Gasteiger partial charge < -0.3 is 10.2 Å². The van der Waals surface area contributed by atoms with E-state index in [4.69, 9.17) is 0 Å². The zero-order valence-corrected chi connectivity index (χ0v) is 14.5. The predicted octanol–water partition coefficient (Wildman–Crippen LogP) is 4.10. The number of nitrogens with one attached hydrogen (secondary N) is 1. The summed E-state index contributed by atoms with van der Waals surface area (Å²) < 4.78 is 24.6. The maximum Gasteiger partial charge on any atom is 0.288 e. The van der Waals surface area contributed by atoms with Gasteiger partial charge >= 0.3 is 0 Å². The number of likely N-dealkylation sites (N-methyl/N-ethyl adjacent to an activating group) is 1. The molecule has 1 aromatic carbocycles. The lowest BCUT2D eigenvalue weighted by Crippen LogP contribution is -2.34. The predicted molar refractivity (Wildman–Crippen MR) is 91.4 cm³/mol. The van der Waals surface area contributed by atoms with E-state index in [1.54, 1.807) is 23.5 Å². The van der Waals surface area contributed by atoms with Crippen LogP contribution in [0.2, 0.25) is 0 Å². The Balaban J connectivity index is 1.95. The molecule has 0 spiro atoms. The Morgan fingerprint density at radius 3 is 2.48 bits per heavy atom. The van der Waals surface area contributed by atoms with Crippen LogP contribution < -0.4 is 5.32 Å². The van der Waals surface area contributed by atoms with E-state index in [2.05, 4.69) is 10.2 Å². The maximum absolute atomic E-state index is 12.3. The molecule has 0 aliphatic carbocycles. The van der Waals surface area contributed by atoms with Crippen molar-refractivity contribution >= 4 is 29.0 Å².